The molecule has 2 rings (SSSR count). The topological polar surface area (TPSA) is 3.24 Å². The maximum Gasteiger partial charge on any atom is 0.0656 e. The Balaban J connectivity index is 2.24. The zero-order valence-electron chi connectivity index (χ0n) is 8.62. The maximum atomic E-state index is 2.46. The third kappa shape index (κ3) is 2.20. The monoisotopic (exact) mass is 225 g/mol. The van der Waals surface area contributed by atoms with Gasteiger partial charge in [0.15, 0.2) is 0 Å². The lowest BCUT2D eigenvalue weighted by molar-refractivity contribution is 1.04. The van der Waals surface area contributed by atoms with Crippen molar-refractivity contribution in [1.29, 1.82) is 0 Å². The van der Waals surface area contributed by atoms with Crippen molar-refractivity contribution in [2.24, 2.45) is 0 Å². The molecule has 1 saturated heterocycles. The molecule has 14 heavy (non-hydrogen) atoms. The van der Waals surface area contributed by atoms with E-state index in [1.54, 1.807) is 0 Å². The summed E-state index contributed by atoms with van der Waals surface area (Å²) in [5, 5.41) is 1.24. The van der Waals surface area contributed by atoms with Crippen LogP contribution in [0.15, 0.2) is 18.2 Å². The molecular formula is C11H15NS2. The summed E-state index contributed by atoms with van der Waals surface area (Å²) in [4.78, 5) is 2.46. The van der Waals surface area contributed by atoms with Gasteiger partial charge in [-0.2, -0.15) is 0 Å². The Kier molecular flexibility index (Phi) is 3.29. The van der Waals surface area contributed by atoms with Gasteiger partial charge in [-0.15, -0.1) is 23.5 Å². The van der Waals surface area contributed by atoms with E-state index < -0.39 is 0 Å². The first-order valence-electron chi connectivity index (χ1n) is 4.75. The van der Waals surface area contributed by atoms with E-state index in [0.717, 1.165) is 11.8 Å². The highest BCUT2D eigenvalue weighted by Crippen LogP contribution is 2.29. The van der Waals surface area contributed by atoms with Crippen molar-refractivity contribution in [3.05, 3.63) is 29.3 Å². The van der Waals surface area contributed by atoms with E-state index in [9.17, 15) is 0 Å². The molecule has 1 heterocycles. The Morgan fingerprint density at radius 3 is 2.57 bits per heavy atom. The molecule has 0 aromatic heterocycles. The predicted molar refractivity (Wildman–Crippen MR) is 68.2 cm³/mol. The van der Waals surface area contributed by atoms with Crippen molar-refractivity contribution in [3.8, 4) is 0 Å². The molecule has 76 valence electrons. The molecule has 1 aliphatic rings. The van der Waals surface area contributed by atoms with E-state index >= 15 is 0 Å². The Labute approximate surface area is 94.3 Å². The summed E-state index contributed by atoms with van der Waals surface area (Å²) in [6.07, 6.45) is 0. The third-order valence-corrected chi connectivity index (χ3v) is 4.69. The van der Waals surface area contributed by atoms with Crippen LogP contribution in [0.4, 0.5) is 5.69 Å². The highest BCUT2D eigenvalue weighted by Gasteiger charge is 2.13. The van der Waals surface area contributed by atoms with Crippen molar-refractivity contribution in [1.82, 2.24) is 0 Å². The van der Waals surface area contributed by atoms with Crippen molar-refractivity contribution in [2.45, 2.75) is 13.8 Å². The molecule has 0 saturated carbocycles. The second kappa shape index (κ2) is 4.49. The smallest absolute Gasteiger partial charge is 0.0656 e. The number of hydrogen-bond acceptors (Lipinski definition) is 3. The summed E-state index contributed by atoms with van der Waals surface area (Å²) in [5.41, 5.74) is 4.15. The van der Waals surface area contributed by atoms with Crippen LogP contribution in [0.5, 0.6) is 0 Å². The standard InChI is InChI=1S/C11H15NS2/c1-9-3-4-10(2)11(5-9)12-6-13-8-14-7-12/h3-5H,6-8H2,1-2H3. The van der Waals surface area contributed by atoms with E-state index in [0.29, 0.717) is 0 Å². The molecule has 0 bridgehead atoms. The van der Waals surface area contributed by atoms with Gasteiger partial charge in [0.1, 0.15) is 0 Å². The van der Waals surface area contributed by atoms with Crippen LogP contribution in [-0.4, -0.2) is 16.8 Å². The van der Waals surface area contributed by atoms with Crippen molar-refractivity contribution < 1.29 is 0 Å². The Morgan fingerprint density at radius 1 is 1.14 bits per heavy atom. The van der Waals surface area contributed by atoms with Crippen LogP contribution < -0.4 is 4.90 Å². The average Bonchev–Trinajstić information content (AvgIpc) is 2.23. The van der Waals surface area contributed by atoms with E-state index in [1.165, 1.54) is 21.9 Å². The third-order valence-electron chi connectivity index (χ3n) is 2.37. The van der Waals surface area contributed by atoms with Crippen LogP contribution in [0.3, 0.4) is 0 Å². The van der Waals surface area contributed by atoms with Crippen LogP contribution in [-0.2, 0) is 0 Å². The number of benzene rings is 1. The molecule has 0 spiro atoms. The molecule has 3 heteroatoms. The summed E-state index contributed by atoms with van der Waals surface area (Å²) in [7, 11) is 0. The van der Waals surface area contributed by atoms with Crippen molar-refractivity contribution in [2.75, 3.05) is 21.7 Å². The molecule has 1 fully saturated rings. The number of rotatable bonds is 1. The quantitative estimate of drug-likeness (QED) is 0.720. The number of thioether (sulfide) groups is 2. The van der Waals surface area contributed by atoms with Gasteiger partial charge >= 0.3 is 0 Å². The minimum atomic E-state index is 1.14. The summed E-state index contributed by atoms with van der Waals surface area (Å²) in [6, 6.07) is 6.69. The van der Waals surface area contributed by atoms with Crippen LogP contribution >= 0.6 is 23.5 Å². The Morgan fingerprint density at radius 2 is 1.86 bits per heavy atom. The number of hydrogen-bond donors (Lipinski definition) is 0. The first-order chi connectivity index (χ1) is 6.77. The SMILES string of the molecule is Cc1ccc(C)c(N2CSCSC2)c1. The average molecular weight is 225 g/mol. The second-order valence-electron chi connectivity index (χ2n) is 3.61. The van der Waals surface area contributed by atoms with Gasteiger partial charge in [-0.3, -0.25) is 0 Å². The summed E-state index contributed by atoms with van der Waals surface area (Å²) < 4.78 is 0. The van der Waals surface area contributed by atoms with Gasteiger partial charge < -0.3 is 4.90 Å². The van der Waals surface area contributed by atoms with Gasteiger partial charge in [0.25, 0.3) is 0 Å². The predicted octanol–water partition coefficient (Wildman–Crippen LogP) is 3.46. The van der Waals surface area contributed by atoms with Gasteiger partial charge in [0.2, 0.25) is 0 Å². The lowest BCUT2D eigenvalue weighted by atomic mass is 10.1. The van der Waals surface area contributed by atoms with Crippen molar-refractivity contribution >= 4 is 29.2 Å². The molecule has 1 nitrogen and oxygen atoms in total. The fourth-order valence-corrected chi connectivity index (χ4v) is 3.68. The van der Waals surface area contributed by atoms with E-state index in [2.05, 4.69) is 36.9 Å². The zero-order chi connectivity index (χ0) is 9.97. The van der Waals surface area contributed by atoms with Crippen LogP contribution in [0, 0.1) is 13.8 Å². The summed E-state index contributed by atoms with van der Waals surface area (Å²) >= 11 is 4.00. The van der Waals surface area contributed by atoms with E-state index in [4.69, 9.17) is 0 Å². The van der Waals surface area contributed by atoms with Crippen LogP contribution in [0.25, 0.3) is 0 Å². The Hall–Kier alpha value is -0.280. The summed E-state index contributed by atoms with van der Waals surface area (Å²) in [6.45, 7) is 4.35. The molecule has 0 N–H and O–H groups in total. The molecule has 0 aliphatic carbocycles. The molecule has 1 aromatic carbocycles. The highest BCUT2D eigenvalue weighted by atomic mass is 32.2. The number of anilines is 1. The molecular weight excluding hydrogens is 210 g/mol. The normalized spacial score (nSPS) is 17.1. The minimum absolute atomic E-state index is 1.14. The largest absolute Gasteiger partial charge is 0.353 e. The van der Waals surface area contributed by atoms with Crippen LogP contribution in [0.2, 0.25) is 0 Å². The zero-order valence-corrected chi connectivity index (χ0v) is 10.3. The van der Waals surface area contributed by atoms with E-state index in [-0.39, 0.29) is 0 Å². The molecule has 0 amide bonds. The van der Waals surface area contributed by atoms with Gasteiger partial charge in [0, 0.05) is 10.8 Å². The molecule has 0 radical (unpaired) electrons. The number of nitrogens with zero attached hydrogens (tertiary/aromatic N) is 1. The molecule has 0 unspecified atom stereocenters. The fourth-order valence-electron chi connectivity index (χ4n) is 1.59. The van der Waals surface area contributed by atoms with Gasteiger partial charge in [-0.25, -0.2) is 0 Å². The lowest BCUT2D eigenvalue weighted by Gasteiger charge is -2.29. The molecule has 1 aromatic rings. The molecule has 1 aliphatic heterocycles. The highest BCUT2D eigenvalue weighted by molar-refractivity contribution is 8.16. The minimum Gasteiger partial charge on any atom is -0.353 e. The van der Waals surface area contributed by atoms with Gasteiger partial charge in [-0.1, -0.05) is 12.1 Å². The lowest BCUT2D eigenvalue weighted by Crippen LogP contribution is -2.26. The van der Waals surface area contributed by atoms with Crippen LogP contribution in [0.1, 0.15) is 11.1 Å². The maximum absolute atomic E-state index is 2.46. The van der Waals surface area contributed by atoms with Crippen molar-refractivity contribution in [3.63, 3.8) is 0 Å². The van der Waals surface area contributed by atoms with E-state index in [1.807, 2.05) is 23.5 Å². The second-order valence-corrected chi connectivity index (χ2v) is 5.89. The number of aryl methyl sites for hydroxylation is 2. The first-order valence-corrected chi connectivity index (χ1v) is 7.06. The van der Waals surface area contributed by atoms with Gasteiger partial charge in [0.05, 0.1) is 11.8 Å². The fraction of sp³-hybridized carbons (Fsp3) is 0.455. The molecule has 0 atom stereocenters. The first kappa shape index (κ1) is 10.2. The Bertz CT molecular complexity index is 319. The summed E-state index contributed by atoms with van der Waals surface area (Å²) in [5.74, 6) is 2.27. The van der Waals surface area contributed by atoms with Gasteiger partial charge in [-0.05, 0) is 31.0 Å².